The van der Waals surface area contributed by atoms with Gasteiger partial charge in [-0.3, -0.25) is 4.79 Å². The van der Waals surface area contributed by atoms with E-state index in [4.69, 9.17) is 0 Å². The van der Waals surface area contributed by atoms with Crippen LogP contribution >= 0.6 is 0 Å². The van der Waals surface area contributed by atoms with Crippen molar-refractivity contribution in [2.24, 2.45) is 5.92 Å². The maximum absolute atomic E-state index is 10.9. The Morgan fingerprint density at radius 1 is 1.64 bits per heavy atom. The SMILES string of the molecule is C=C1NCC(=O)N[C@H]1C(C)C. The van der Waals surface area contributed by atoms with E-state index in [2.05, 4.69) is 31.1 Å². The highest BCUT2D eigenvalue weighted by atomic mass is 16.2. The predicted octanol–water partition coefficient (Wildman–Crippen LogP) is 0.244. The molecule has 0 aromatic rings. The molecule has 0 radical (unpaired) electrons. The Kier molecular flexibility index (Phi) is 2.17. The normalized spacial score (nSPS) is 24.8. The fourth-order valence-electron chi connectivity index (χ4n) is 1.18. The van der Waals surface area contributed by atoms with Gasteiger partial charge in [-0.1, -0.05) is 20.4 Å². The van der Waals surface area contributed by atoms with Crippen molar-refractivity contribution in [2.75, 3.05) is 6.54 Å². The highest BCUT2D eigenvalue weighted by Crippen LogP contribution is 2.10. The fraction of sp³-hybridized carbons (Fsp3) is 0.625. The third-order valence-corrected chi connectivity index (χ3v) is 1.83. The Bertz CT molecular complexity index is 187. The lowest BCUT2D eigenvalue weighted by atomic mass is 10.00. The summed E-state index contributed by atoms with van der Waals surface area (Å²) in [5, 5.41) is 5.82. The summed E-state index contributed by atoms with van der Waals surface area (Å²) in [4.78, 5) is 10.9. The van der Waals surface area contributed by atoms with Crippen molar-refractivity contribution in [3.8, 4) is 0 Å². The molecule has 0 unspecified atom stereocenters. The molecule has 1 heterocycles. The molecular weight excluding hydrogens is 140 g/mol. The van der Waals surface area contributed by atoms with Crippen LogP contribution in [0.5, 0.6) is 0 Å². The van der Waals surface area contributed by atoms with E-state index < -0.39 is 0 Å². The smallest absolute Gasteiger partial charge is 0.239 e. The van der Waals surface area contributed by atoms with Crippen molar-refractivity contribution >= 4 is 5.91 Å². The van der Waals surface area contributed by atoms with Crippen LogP contribution in [-0.2, 0) is 4.79 Å². The van der Waals surface area contributed by atoms with Gasteiger partial charge in [0.1, 0.15) is 0 Å². The molecule has 3 nitrogen and oxygen atoms in total. The summed E-state index contributed by atoms with van der Waals surface area (Å²) in [6, 6.07) is 0.0937. The fourth-order valence-corrected chi connectivity index (χ4v) is 1.18. The summed E-state index contributed by atoms with van der Waals surface area (Å²) in [5.74, 6) is 0.454. The third-order valence-electron chi connectivity index (χ3n) is 1.83. The molecule has 1 saturated heterocycles. The van der Waals surface area contributed by atoms with E-state index in [1.807, 2.05) is 0 Å². The minimum atomic E-state index is 0.0519. The van der Waals surface area contributed by atoms with E-state index in [-0.39, 0.29) is 11.9 Å². The lowest BCUT2D eigenvalue weighted by Crippen LogP contribution is -2.52. The minimum Gasteiger partial charge on any atom is -0.378 e. The van der Waals surface area contributed by atoms with Crippen molar-refractivity contribution in [3.63, 3.8) is 0 Å². The van der Waals surface area contributed by atoms with E-state index in [9.17, 15) is 4.79 Å². The number of amides is 1. The molecule has 0 saturated carbocycles. The van der Waals surface area contributed by atoms with Crippen LogP contribution in [0.15, 0.2) is 12.3 Å². The maximum atomic E-state index is 10.9. The molecule has 3 heteroatoms. The Labute approximate surface area is 66.9 Å². The van der Waals surface area contributed by atoms with Crippen molar-refractivity contribution in [3.05, 3.63) is 12.3 Å². The van der Waals surface area contributed by atoms with Crippen LogP contribution in [0.3, 0.4) is 0 Å². The molecule has 0 aromatic heterocycles. The van der Waals surface area contributed by atoms with E-state index in [1.165, 1.54) is 0 Å². The van der Waals surface area contributed by atoms with Crippen LogP contribution in [0.2, 0.25) is 0 Å². The molecule has 2 N–H and O–H groups in total. The summed E-state index contributed by atoms with van der Waals surface area (Å²) in [6.45, 7) is 8.31. The predicted molar refractivity (Wildman–Crippen MR) is 43.9 cm³/mol. The van der Waals surface area contributed by atoms with Gasteiger partial charge in [0, 0.05) is 5.70 Å². The number of carbonyl (C=O) groups is 1. The zero-order valence-corrected chi connectivity index (χ0v) is 6.98. The molecule has 0 spiro atoms. The van der Waals surface area contributed by atoms with Gasteiger partial charge in [0.2, 0.25) is 5.91 Å². The summed E-state index contributed by atoms with van der Waals surface area (Å²) in [6.07, 6.45) is 0. The van der Waals surface area contributed by atoms with Gasteiger partial charge in [-0.15, -0.1) is 0 Å². The van der Waals surface area contributed by atoms with Crippen molar-refractivity contribution < 1.29 is 4.79 Å². The number of nitrogens with one attached hydrogen (secondary N) is 2. The lowest BCUT2D eigenvalue weighted by molar-refractivity contribution is -0.121. The highest BCUT2D eigenvalue weighted by Gasteiger charge is 2.23. The zero-order chi connectivity index (χ0) is 8.43. The van der Waals surface area contributed by atoms with Crippen molar-refractivity contribution in [1.29, 1.82) is 0 Å². The number of rotatable bonds is 1. The van der Waals surface area contributed by atoms with Crippen LogP contribution < -0.4 is 10.6 Å². The van der Waals surface area contributed by atoms with E-state index in [1.54, 1.807) is 0 Å². The Morgan fingerprint density at radius 2 is 2.27 bits per heavy atom. The number of carbonyl (C=O) groups excluding carboxylic acids is 1. The molecule has 0 bridgehead atoms. The lowest BCUT2D eigenvalue weighted by Gasteiger charge is -2.29. The zero-order valence-electron chi connectivity index (χ0n) is 6.98. The van der Waals surface area contributed by atoms with Gasteiger partial charge >= 0.3 is 0 Å². The molecule has 1 atom stereocenters. The summed E-state index contributed by atoms with van der Waals surface area (Å²) in [7, 11) is 0. The number of hydrogen-bond donors (Lipinski definition) is 2. The quantitative estimate of drug-likeness (QED) is 0.568. The standard InChI is InChI=1S/C8H14N2O/c1-5(2)8-6(3)9-4-7(11)10-8/h5,8-9H,3-4H2,1-2H3,(H,10,11)/t8-/m0/s1. The first-order chi connectivity index (χ1) is 5.11. The van der Waals surface area contributed by atoms with E-state index in [0.717, 1.165) is 5.70 Å². The molecule has 11 heavy (non-hydrogen) atoms. The molecule has 62 valence electrons. The summed E-state index contributed by atoms with van der Waals surface area (Å²) >= 11 is 0. The number of hydrogen-bond acceptors (Lipinski definition) is 2. The molecule has 0 aliphatic carbocycles. The van der Waals surface area contributed by atoms with Gasteiger partial charge in [-0.2, -0.15) is 0 Å². The van der Waals surface area contributed by atoms with Crippen LogP contribution in [0.25, 0.3) is 0 Å². The molecule has 1 amide bonds. The molecule has 1 rings (SSSR count). The van der Waals surface area contributed by atoms with Crippen molar-refractivity contribution in [2.45, 2.75) is 19.9 Å². The Morgan fingerprint density at radius 3 is 2.73 bits per heavy atom. The van der Waals surface area contributed by atoms with Gasteiger partial charge in [0.15, 0.2) is 0 Å². The van der Waals surface area contributed by atoms with Crippen LogP contribution in [0.4, 0.5) is 0 Å². The topological polar surface area (TPSA) is 41.1 Å². The monoisotopic (exact) mass is 154 g/mol. The van der Waals surface area contributed by atoms with Gasteiger partial charge in [0.25, 0.3) is 0 Å². The molecular formula is C8H14N2O. The van der Waals surface area contributed by atoms with Crippen molar-refractivity contribution in [1.82, 2.24) is 10.6 Å². The van der Waals surface area contributed by atoms with Crippen LogP contribution in [-0.4, -0.2) is 18.5 Å². The van der Waals surface area contributed by atoms with E-state index in [0.29, 0.717) is 12.5 Å². The Hall–Kier alpha value is -0.990. The minimum absolute atomic E-state index is 0.0519. The first-order valence-electron chi connectivity index (χ1n) is 3.83. The average Bonchev–Trinajstić information content (AvgIpc) is 1.94. The van der Waals surface area contributed by atoms with E-state index >= 15 is 0 Å². The third kappa shape index (κ3) is 1.73. The van der Waals surface area contributed by atoms with Gasteiger partial charge in [-0.25, -0.2) is 0 Å². The van der Waals surface area contributed by atoms with Gasteiger partial charge in [-0.05, 0) is 5.92 Å². The first-order valence-corrected chi connectivity index (χ1v) is 3.83. The van der Waals surface area contributed by atoms with Gasteiger partial charge < -0.3 is 10.6 Å². The molecule has 1 fully saturated rings. The van der Waals surface area contributed by atoms with Gasteiger partial charge in [0.05, 0.1) is 12.6 Å². The second kappa shape index (κ2) is 2.95. The number of piperazine rings is 1. The second-order valence-electron chi connectivity index (χ2n) is 3.17. The second-order valence-corrected chi connectivity index (χ2v) is 3.17. The largest absolute Gasteiger partial charge is 0.378 e. The first kappa shape index (κ1) is 8.11. The Balaban J connectivity index is 2.61. The molecule has 1 aliphatic heterocycles. The maximum Gasteiger partial charge on any atom is 0.239 e. The average molecular weight is 154 g/mol. The van der Waals surface area contributed by atoms with Crippen LogP contribution in [0.1, 0.15) is 13.8 Å². The van der Waals surface area contributed by atoms with Crippen LogP contribution in [0, 0.1) is 5.92 Å². The molecule has 0 aromatic carbocycles. The highest BCUT2D eigenvalue weighted by molar-refractivity contribution is 5.80. The summed E-state index contributed by atoms with van der Waals surface area (Å²) in [5.41, 5.74) is 0.916. The summed E-state index contributed by atoms with van der Waals surface area (Å²) < 4.78 is 0. The molecule has 1 aliphatic rings.